The highest BCUT2D eigenvalue weighted by atomic mass is 16.6. The first-order valence-electron chi connectivity index (χ1n) is 4.69. The molecule has 1 N–H and O–H groups in total. The summed E-state index contributed by atoms with van der Waals surface area (Å²) in [5, 5.41) is 29.2. The molecule has 5 heteroatoms. The van der Waals surface area contributed by atoms with Crippen LogP contribution in [-0.2, 0) is 5.41 Å². The van der Waals surface area contributed by atoms with E-state index in [9.17, 15) is 15.2 Å². The summed E-state index contributed by atoms with van der Waals surface area (Å²) >= 11 is 0. The summed E-state index contributed by atoms with van der Waals surface area (Å²) in [6.45, 7) is 5.44. The van der Waals surface area contributed by atoms with E-state index in [4.69, 9.17) is 5.26 Å². The molecule has 16 heavy (non-hydrogen) atoms. The fourth-order valence-electron chi connectivity index (χ4n) is 1.38. The van der Waals surface area contributed by atoms with Gasteiger partial charge in [-0.05, 0) is 5.41 Å². The molecule has 0 aliphatic rings. The van der Waals surface area contributed by atoms with Crippen LogP contribution in [-0.4, -0.2) is 10.0 Å². The van der Waals surface area contributed by atoms with Crippen LogP contribution in [0.15, 0.2) is 12.1 Å². The molecule has 0 aromatic heterocycles. The number of nitro benzene ring substituents is 1. The van der Waals surface area contributed by atoms with Gasteiger partial charge in [-0.2, -0.15) is 5.26 Å². The van der Waals surface area contributed by atoms with Gasteiger partial charge in [0.2, 0.25) is 0 Å². The second-order valence-corrected chi connectivity index (χ2v) is 4.51. The van der Waals surface area contributed by atoms with Gasteiger partial charge in [0, 0.05) is 17.7 Å². The summed E-state index contributed by atoms with van der Waals surface area (Å²) < 4.78 is 0. The Hall–Kier alpha value is -2.09. The number of hydrogen-bond donors (Lipinski definition) is 1. The molecule has 0 amide bonds. The molecule has 84 valence electrons. The van der Waals surface area contributed by atoms with Gasteiger partial charge in [-0.1, -0.05) is 20.8 Å². The molecular weight excluding hydrogens is 208 g/mol. The Morgan fingerprint density at radius 1 is 1.44 bits per heavy atom. The zero-order valence-electron chi connectivity index (χ0n) is 9.31. The van der Waals surface area contributed by atoms with Crippen molar-refractivity contribution in [2.24, 2.45) is 0 Å². The third-order valence-corrected chi connectivity index (χ3v) is 2.23. The fraction of sp³-hybridized carbons (Fsp3) is 0.364. The minimum Gasteiger partial charge on any atom is -0.506 e. The van der Waals surface area contributed by atoms with E-state index >= 15 is 0 Å². The molecule has 0 atom stereocenters. The lowest BCUT2D eigenvalue weighted by Crippen LogP contribution is -2.12. The quantitative estimate of drug-likeness (QED) is 0.581. The number of phenolic OH excluding ortho intramolecular Hbond substituents is 1. The smallest absolute Gasteiger partial charge is 0.271 e. The Morgan fingerprint density at radius 2 is 2.00 bits per heavy atom. The summed E-state index contributed by atoms with van der Waals surface area (Å²) in [5.41, 5.74) is -0.307. The van der Waals surface area contributed by atoms with E-state index in [1.54, 1.807) is 6.07 Å². The summed E-state index contributed by atoms with van der Waals surface area (Å²) in [5.74, 6) is -0.180. The Morgan fingerprint density at radius 3 is 2.38 bits per heavy atom. The molecule has 0 bridgehead atoms. The lowest BCUT2D eigenvalue weighted by Gasteiger charge is -2.20. The van der Waals surface area contributed by atoms with E-state index in [0.29, 0.717) is 5.56 Å². The maximum Gasteiger partial charge on any atom is 0.271 e. The van der Waals surface area contributed by atoms with Crippen molar-refractivity contribution in [2.75, 3.05) is 0 Å². The maximum absolute atomic E-state index is 10.7. The predicted octanol–water partition coefficient (Wildman–Crippen LogP) is 2.47. The zero-order chi connectivity index (χ0) is 12.5. The van der Waals surface area contributed by atoms with Crippen molar-refractivity contribution in [1.82, 2.24) is 0 Å². The minimum atomic E-state index is -0.574. The number of non-ortho nitro benzene ring substituents is 1. The number of benzene rings is 1. The second-order valence-electron chi connectivity index (χ2n) is 4.51. The summed E-state index contributed by atoms with van der Waals surface area (Å²) in [6, 6.07) is 4.12. The monoisotopic (exact) mass is 220 g/mol. The number of nitro groups is 1. The van der Waals surface area contributed by atoms with Crippen LogP contribution < -0.4 is 0 Å². The average molecular weight is 220 g/mol. The van der Waals surface area contributed by atoms with Crippen molar-refractivity contribution in [2.45, 2.75) is 26.2 Å². The molecular formula is C11H12N2O3. The molecule has 0 saturated heterocycles. The van der Waals surface area contributed by atoms with Gasteiger partial charge < -0.3 is 5.11 Å². The zero-order valence-corrected chi connectivity index (χ0v) is 9.31. The molecule has 1 aromatic carbocycles. The Kier molecular flexibility index (Phi) is 2.86. The van der Waals surface area contributed by atoms with Gasteiger partial charge in [0.1, 0.15) is 17.4 Å². The number of hydrogen-bond acceptors (Lipinski definition) is 4. The lowest BCUT2D eigenvalue weighted by molar-refractivity contribution is -0.385. The van der Waals surface area contributed by atoms with E-state index in [2.05, 4.69) is 0 Å². The SMILES string of the molecule is CC(C)(C)c1cc([N+](=O)[O-])cc(C#N)c1O. The summed E-state index contributed by atoms with van der Waals surface area (Å²) in [7, 11) is 0. The second kappa shape index (κ2) is 3.81. The molecule has 0 spiro atoms. The molecule has 0 radical (unpaired) electrons. The van der Waals surface area contributed by atoms with Crippen LogP contribution >= 0.6 is 0 Å². The molecule has 0 aliphatic heterocycles. The largest absolute Gasteiger partial charge is 0.506 e. The van der Waals surface area contributed by atoms with Crippen molar-refractivity contribution in [3.63, 3.8) is 0 Å². The van der Waals surface area contributed by atoms with Crippen LogP contribution in [0.25, 0.3) is 0 Å². The third-order valence-electron chi connectivity index (χ3n) is 2.23. The molecule has 5 nitrogen and oxygen atoms in total. The van der Waals surface area contributed by atoms with Crippen LogP contribution in [0, 0.1) is 21.4 Å². The highest BCUT2D eigenvalue weighted by molar-refractivity contribution is 5.56. The number of nitrogens with zero attached hydrogens (tertiary/aromatic N) is 2. The average Bonchev–Trinajstić information content (AvgIpc) is 2.15. The Balaban J connectivity index is 3.56. The molecule has 0 unspecified atom stereocenters. The van der Waals surface area contributed by atoms with E-state index in [1.807, 2.05) is 20.8 Å². The molecule has 0 aliphatic carbocycles. The van der Waals surface area contributed by atoms with Crippen molar-refractivity contribution >= 4 is 5.69 Å². The fourth-order valence-corrected chi connectivity index (χ4v) is 1.38. The topological polar surface area (TPSA) is 87.2 Å². The number of nitriles is 1. The maximum atomic E-state index is 10.7. The van der Waals surface area contributed by atoms with E-state index in [-0.39, 0.29) is 17.0 Å². The van der Waals surface area contributed by atoms with Crippen LogP contribution in [0.1, 0.15) is 31.9 Å². The van der Waals surface area contributed by atoms with Gasteiger partial charge in [-0.3, -0.25) is 10.1 Å². The summed E-state index contributed by atoms with van der Waals surface area (Å²) in [4.78, 5) is 10.1. The third kappa shape index (κ3) is 2.11. The van der Waals surface area contributed by atoms with Gasteiger partial charge in [-0.25, -0.2) is 0 Å². The first-order valence-corrected chi connectivity index (χ1v) is 4.69. The normalized spacial score (nSPS) is 10.9. The van der Waals surface area contributed by atoms with Gasteiger partial charge in [0.25, 0.3) is 5.69 Å². The molecule has 1 rings (SSSR count). The van der Waals surface area contributed by atoms with Crippen molar-refractivity contribution in [1.29, 1.82) is 5.26 Å². The van der Waals surface area contributed by atoms with Gasteiger partial charge in [0.05, 0.1) is 4.92 Å². The van der Waals surface area contributed by atoms with Gasteiger partial charge in [-0.15, -0.1) is 0 Å². The minimum absolute atomic E-state index is 0.0703. The predicted molar refractivity (Wildman–Crippen MR) is 58.2 cm³/mol. The van der Waals surface area contributed by atoms with E-state index < -0.39 is 10.3 Å². The molecule has 1 aromatic rings. The highest BCUT2D eigenvalue weighted by Crippen LogP contribution is 2.36. The molecule has 0 fully saturated rings. The number of aromatic hydroxyl groups is 1. The van der Waals surface area contributed by atoms with Crippen LogP contribution in [0.3, 0.4) is 0 Å². The summed E-state index contributed by atoms with van der Waals surface area (Å²) in [6.07, 6.45) is 0. The van der Waals surface area contributed by atoms with E-state index in [0.717, 1.165) is 6.07 Å². The van der Waals surface area contributed by atoms with E-state index in [1.165, 1.54) is 6.07 Å². The van der Waals surface area contributed by atoms with Crippen LogP contribution in [0.5, 0.6) is 5.75 Å². The standard InChI is InChI=1S/C11H12N2O3/c1-11(2,3)9-5-8(13(15)16)4-7(6-12)10(9)14/h4-5,14H,1-3H3. The first-order chi connectivity index (χ1) is 7.27. The Bertz CT molecular complexity index is 481. The van der Waals surface area contributed by atoms with Crippen LogP contribution in [0.4, 0.5) is 5.69 Å². The van der Waals surface area contributed by atoms with Crippen molar-refractivity contribution in [3.8, 4) is 11.8 Å². The van der Waals surface area contributed by atoms with Crippen molar-refractivity contribution < 1.29 is 10.0 Å². The molecule has 0 saturated carbocycles. The number of phenols is 1. The van der Waals surface area contributed by atoms with Crippen molar-refractivity contribution in [3.05, 3.63) is 33.4 Å². The highest BCUT2D eigenvalue weighted by Gasteiger charge is 2.24. The lowest BCUT2D eigenvalue weighted by atomic mass is 9.85. The van der Waals surface area contributed by atoms with Gasteiger partial charge in [0.15, 0.2) is 0 Å². The molecule has 0 heterocycles. The van der Waals surface area contributed by atoms with Crippen LogP contribution in [0.2, 0.25) is 0 Å². The van der Waals surface area contributed by atoms with Gasteiger partial charge >= 0.3 is 0 Å². The Labute approximate surface area is 93.1 Å². The first kappa shape index (κ1) is 12.0. The number of rotatable bonds is 1.